The first-order chi connectivity index (χ1) is 8.76. The molecule has 2 aliphatic carbocycles. The number of ether oxygens (including phenoxy) is 2. The summed E-state index contributed by atoms with van der Waals surface area (Å²) in [5, 5.41) is 0. The zero-order valence-corrected chi connectivity index (χ0v) is 10.9. The monoisotopic (exact) mass is 246 g/mol. The third-order valence-corrected chi connectivity index (χ3v) is 4.31. The van der Waals surface area contributed by atoms with Gasteiger partial charge in [0.05, 0.1) is 19.8 Å². The number of rotatable bonds is 2. The molecule has 0 spiro atoms. The van der Waals surface area contributed by atoms with Crippen molar-refractivity contribution in [2.24, 2.45) is 5.92 Å². The summed E-state index contributed by atoms with van der Waals surface area (Å²) < 4.78 is 10.7. The van der Waals surface area contributed by atoms with Crippen molar-refractivity contribution in [3.05, 3.63) is 23.3 Å². The van der Waals surface area contributed by atoms with E-state index in [0.29, 0.717) is 11.7 Å². The topological polar surface area (TPSA) is 35.5 Å². The van der Waals surface area contributed by atoms with Crippen LogP contribution in [0.15, 0.2) is 12.1 Å². The minimum absolute atomic E-state index is 0.176. The maximum atomic E-state index is 12.5. The van der Waals surface area contributed by atoms with Crippen LogP contribution in [0.4, 0.5) is 0 Å². The molecule has 0 heterocycles. The van der Waals surface area contributed by atoms with Crippen LogP contribution in [0, 0.1) is 5.92 Å². The molecule has 96 valence electrons. The second-order valence-electron chi connectivity index (χ2n) is 5.16. The fraction of sp³-hybridized carbons (Fsp3) is 0.533. The first-order valence-electron chi connectivity index (χ1n) is 6.56. The lowest BCUT2D eigenvalue weighted by Crippen LogP contribution is -2.17. The number of benzene rings is 1. The van der Waals surface area contributed by atoms with Gasteiger partial charge in [0.1, 0.15) is 11.5 Å². The first kappa shape index (κ1) is 11.6. The molecule has 0 aromatic heterocycles. The fourth-order valence-electron chi connectivity index (χ4n) is 3.45. The van der Waals surface area contributed by atoms with Crippen molar-refractivity contribution in [3.8, 4) is 11.5 Å². The number of carbonyl (C=O) groups is 1. The molecule has 18 heavy (non-hydrogen) atoms. The average Bonchev–Trinajstić information content (AvgIpc) is 2.72. The molecule has 1 saturated carbocycles. The SMILES string of the molecule is COc1cc(OC)c2c(c1)[C@H]1CCCC[C@H]1C2=O. The minimum atomic E-state index is 0.176. The van der Waals surface area contributed by atoms with Crippen molar-refractivity contribution in [1.82, 2.24) is 0 Å². The van der Waals surface area contributed by atoms with Crippen LogP contribution in [-0.2, 0) is 0 Å². The molecule has 2 aliphatic rings. The summed E-state index contributed by atoms with van der Waals surface area (Å²) in [7, 11) is 3.26. The predicted octanol–water partition coefficient (Wildman–Crippen LogP) is 3.17. The molecule has 0 N–H and O–H groups in total. The highest BCUT2D eigenvalue weighted by Gasteiger charge is 2.42. The van der Waals surface area contributed by atoms with Gasteiger partial charge in [-0.3, -0.25) is 4.79 Å². The molecule has 3 nitrogen and oxygen atoms in total. The van der Waals surface area contributed by atoms with Crippen molar-refractivity contribution >= 4 is 5.78 Å². The van der Waals surface area contributed by atoms with Crippen molar-refractivity contribution < 1.29 is 14.3 Å². The van der Waals surface area contributed by atoms with Crippen LogP contribution in [-0.4, -0.2) is 20.0 Å². The van der Waals surface area contributed by atoms with E-state index in [0.717, 1.165) is 29.7 Å². The highest BCUT2D eigenvalue weighted by atomic mass is 16.5. The number of Topliss-reactive ketones (excluding diaryl/α,β-unsaturated/α-hetero) is 1. The summed E-state index contributed by atoms with van der Waals surface area (Å²) in [5.41, 5.74) is 1.94. The molecule has 3 heteroatoms. The molecule has 0 radical (unpaired) electrons. The van der Waals surface area contributed by atoms with Crippen LogP contribution in [0.2, 0.25) is 0 Å². The number of methoxy groups -OCH3 is 2. The normalized spacial score (nSPS) is 25.6. The molecule has 1 fully saturated rings. The van der Waals surface area contributed by atoms with Gasteiger partial charge >= 0.3 is 0 Å². The lowest BCUT2D eigenvalue weighted by Gasteiger charge is -2.24. The summed E-state index contributed by atoms with van der Waals surface area (Å²) in [4.78, 5) is 12.5. The van der Waals surface area contributed by atoms with Gasteiger partial charge in [0.15, 0.2) is 5.78 Å². The summed E-state index contributed by atoms with van der Waals surface area (Å²) in [6, 6.07) is 3.83. The van der Waals surface area contributed by atoms with Crippen LogP contribution in [0.5, 0.6) is 11.5 Å². The highest BCUT2D eigenvalue weighted by Crippen LogP contribution is 2.50. The molecule has 1 aromatic rings. The van der Waals surface area contributed by atoms with E-state index in [1.165, 1.54) is 12.8 Å². The van der Waals surface area contributed by atoms with Gasteiger partial charge in [-0.2, -0.15) is 0 Å². The van der Waals surface area contributed by atoms with Gasteiger partial charge in [0.2, 0.25) is 0 Å². The molecular formula is C15H18O3. The Morgan fingerprint density at radius 3 is 2.44 bits per heavy atom. The predicted molar refractivity (Wildman–Crippen MR) is 68.6 cm³/mol. The lowest BCUT2D eigenvalue weighted by atomic mass is 9.79. The smallest absolute Gasteiger partial charge is 0.170 e. The van der Waals surface area contributed by atoms with E-state index < -0.39 is 0 Å². The number of fused-ring (bicyclic) bond motifs is 3. The number of hydrogen-bond donors (Lipinski definition) is 0. The van der Waals surface area contributed by atoms with E-state index in [1.807, 2.05) is 12.1 Å². The molecule has 2 atom stereocenters. The molecular weight excluding hydrogens is 228 g/mol. The zero-order valence-electron chi connectivity index (χ0n) is 10.9. The standard InChI is InChI=1S/C15H18O3/c1-17-9-7-12-10-5-3-4-6-11(10)15(16)14(12)13(8-9)18-2/h7-8,10-11H,3-6H2,1-2H3/t10-,11+/m0/s1. The minimum Gasteiger partial charge on any atom is -0.497 e. The van der Waals surface area contributed by atoms with Crippen molar-refractivity contribution in [2.45, 2.75) is 31.6 Å². The van der Waals surface area contributed by atoms with Gasteiger partial charge in [-0.05, 0) is 30.4 Å². The molecule has 3 rings (SSSR count). The Morgan fingerprint density at radius 2 is 1.78 bits per heavy atom. The van der Waals surface area contributed by atoms with E-state index in [-0.39, 0.29) is 11.7 Å². The molecule has 0 aliphatic heterocycles. The van der Waals surface area contributed by atoms with E-state index in [1.54, 1.807) is 14.2 Å². The Kier molecular flexibility index (Phi) is 2.77. The van der Waals surface area contributed by atoms with Gasteiger partial charge < -0.3 is 9.47 Å². The van der Waals surface area contributed by atoms with Crippen LogP contribution >= 0.6 is 0 Å². The van der Waals surface area contributed by atoms with Crippen LogP contribution in [0.3, 0.4) is 0 Å². The van der Waals surface area contributed by atoms with E-state index in [4.69, 9.17) is 9.47 Å². The summed E-state index contributed by atoms with van der Waals surface area (Å²) in [6.45, 7) is 0. The van der Waals surface area contributed by atoms with E-state index >= 15 is 0 Å². The largest absolute Gasteiger partial charge is 0.497 e. The maximum Gasteiger partial charge on any atom is 0.170 e. The van der Waals surface area contributed by atoms with Gasteiger partial charge in [-0.15, -0.1) is 0 Å². The molecule has 0 amide bonds. The van der Waals surface area contributed by atoms with Crippen molar-refractivity contribution in [2.75, 3.05) is 14.2 Å². The van der Waals surface area contributed by atoms with E-state index in [9.17, 15) is 4.79 Å². The summed E-state index contributed by atoms with van der Waals surface area (Å²) >= 11 is 0. The number of hydrogen-bond acceptors (Lipinski definition) is 3. The molecule has 0 bridgehead atoms. The van der Waals surface area contributed by atoms with Crippen molar-refractivity contribution in [1.29, 1.82) is 0 Å². The van der Waals surface area contributed by atoms with Gasteiger partial charge in [-0.25, -0.2) is 0 Å². The third-order valence-electron chi connectivity index (χ3n) is 4.31. The quantitative estimate of drug-likeness (QED) is 0.804. The summed E-state index contributed by atoms with van der Waals surface area (Å²) in [5.74, 6) is 2.28. The van der Waals surface area contributed by atoms with Crippen LogP contribution < -0.4 is 9.47 Å². The second kappa shape index (κ2) is 4.30. The van der Waals surface area contributed by atoms with Gasteiger partial charge in [0, 0.05) is 12.0 Å². The maximum absolute atomic E-state index is 12.5. The number of ketones is 1. The highest BCUT2D eigenvalue weighted by molar-refractivity contribution is 6.05. The van der Waals surface area contributed by atoms with Crippen molar-refractivity contribution in [3.63, 3.8) is 0 Å². The Hall–Kier alpha value is -1.51. The summed E-state index contributed by atoms with van der Waals surface area (Å²) in [6.07, 6.45) is 4.51. The van der Waals surface area contributed by atoms with Gasteiger partial charge in [-0.1, -0.05) is 12.8 Å². The van der Waals surface area contributed by atoms with E-state index in [2.05, 4.69) is 0 Å². The molecule has 0 unspecified atom stereocenters. The molecule has 0 saturated heterocycles. The van der Waals surface area contributed by atoms with Crippen LogP contribution in [0.1, 0.15) is 47.5 Å². The Labute approximate surface area is 107 Å². The zero-order chi connectivity index (χ0) is 12.7. The average molecular weight is 246 g/mol. The Bertz CT molecular complexity index is 493. The van der Waals surface area contributed by atoms with Crippen LogP contribution in [0.25, 0.3) is 0 Å². The fourth-order valence-corrected chi connectivity index (χ4v) is 3.45. The third kappa shape index (κ3) is 1.53. The Balaban J connectivity index is 2.15. The first-order valence-corrected chi connectivity index (χ1v) is 6.56. The lowest BCUT2D eigenvalue weighted by molar-refractivity contribution is 0.0895. The second-order valence-corrected chi connectivity index (χ2v) is 5.16. The Morgan fingerprint density at radius 1 is 1.06 bits per heavy atom. The number of carbonyl (C=O) groups excluding carboxylic acids is 1. The molecule has 1 aromatic carbocycles. The van der Waals surface area contributed by atoms with Gasteiger partial charge in [0.25, 0.3) is 0 Å².